The van der Waals surface area contributed by atoms with Gasteiger partial charge in [0, 0.05) is 12.6 Å². The zero-order valence-electron chi connectivity index (χ0n) is 10.9. The van der Waals surface area contributed by atoms with E-state index in [2.05, 4.69) is 17.2 Å². The van der Waals surface area contributed by atoms with Crippen molar-refractivity contribution < 1.29 is 9.34 Å². The Bertz CT molecular complexity index is 565. The molecule has 2 aromatic rings. The van der Waals surface area contributed by atoms with E-state index in [9.17, 15) is 10.1 Å². The molecule has 6 nitrogen and oxygen atoms in total. The number of nitrogens with one attached hydrogen (secondary N) is 1. The number of hydrogen-bond donors (Lipinski definition) is 1. The van der Waals surface area contributed by atoms with E-state index in [1.54, 1.807) is 6.07 Å². The van der Waals surface area contributed by atoms with Gasteiger partial charge >= 0.3 is 0 Å². The van der Waals surface area contributed by atoms with Gasteiger partial charge in [-0.25, -0.2) is 0 Å². The Hall–Kier alpha value is -2.11. The summed E-state index contributed by atoms with van der Waals surface area (Å²) in [5, 5.41) is 13.7. The summed E-state index contributed by atoms with van der Waals surface area (Å²) < 4.78 is 5.44. The molecule has 6 heteroatoms. The van der Waals surface area contributed by atoms with Gasteiger partial charge in [0.25, 0.3) is 11.7 Å². The molecule has 1 aromatic heterocycles. The number of nitro benzene ring substituents is 1. The molecule has 0 saturated carbocycles. The third-order valence-electron chi connectivity index (χ3n) is 2.89. The molecular weight excluding hydrogens is 246 g/mol. The van der Waals surface area contributed by atoms with Gasteiger partial charge in [-0.1, -0.05) is 26.2 Å². The number of non-ortho nitro benzene ring substituents is 1. The molecule has 0 atom stereocenters. The smallest absolute Gasteiger partial charge is 0.295 e. The monoisotopic (exact) mass is 263 g/mol. The Kier molecular flexibility index (Phi) is 4.33. The van der Waals surface area contributed by atoms with Crippen LogP contribution in [-0.4, -0.2) is 16.5 Å². The molecule has 0 bridgehead atoms. The van der Waals surface area contributed by atoms with Crippen molar-refractivity contribution >= 4 is 22.8 Å². The van der Waals surface area contributed by atoms with Crippen LogP contribution in [0.1, 0.15) is 32.6 Å². The Labute approximate surface area is 111 Å². The molecule has 102 valence electrons. The van der Waals surface area contributed by atoms with Crippen molar-refractivity contribution in [2.75, 3.05) is 11.9 Å². The largest absolute Gasteiger partial charge is 0.423 e. The fourth-order valence-electron chi connectivity index (χ4n) is 1.85. The lowest BCUT2D eigenvalue weighted by molar-refractivity contribution is -0.384. The molecule has 0 unspecified atom stereocenters. The van der Waals surface area contributed by atoms with Crippen LogP contribution >= 0.6 is 0 Å². The van der Waals surface area contributed by atoms with E-state index in [1.807, 2.05) is 0 Å². The second kappa shape index (κ2) is 6.17. The molecule has 2 rings (SSSR count). The molecule has 1 aromatic carbocycles. The van der Waals surface area contributed by atoms with Crippen LogP contribution in [0.2, 0.25) is 0 Å². The van der Waals surface area contributed by atoms with Gasteiger partial charge in [0.15, 0.2) is 5.58 Å². The van der Waals surface area contributed by atoms with Crippen molar-refractivity contribution in [3.8, 4) is 0 Å². The molecule has 1 N–H and O–H groups in total. The summed E-state index contributed by atoms with van der Waals surface area (Å²) in [6, 6.07) is 4.84. The number of fused-ring (bicyclic) bond motifs is 1. The number of nitrogens with zero attached hydrogens (tertiary/aromatic N) is 2. The van der Waals surface area contributed by atoms with Gasteiger partial charge in [0.1, 0.15) is 5.52 Å². The first-order chi connectivity index (χ1) is 9.20. The van der Waals surface area contributed by atoms with E-state index >= 15 is 0 Å². The van der Waals surface area contributed by atoms with E-state index in [4.69, 9.17) is 4.42 Å². The minimum Gasteiger partial charge on any atom is -0.423 e. The first kappa shape index (κ1) is 13.3. The van der Waals surface area contributed by atoms with Crippen molar-refractivity contribution in [2.45, 2.75) is 32.6 Å². The SMILES string of the molecule is CCCCCCNc1nc2ccc([N+](=O)[O-])cc2o1. The second-order valence-corrected chi connectivity index (χ2v) is 4.42. The topological polar surface area (TPSA) is 81.2 Å². The highest BCUT2D eigenvalue weighted by Gasteiger charge is 2.11. The van der Waals surface area contributed by atoms with Crippen molar-refractivity contribution in [3.63, 3.8) is 0 Å². The summed E-state index contributed by atoms with van der Waals surface area (Å²) in [4.78, 5) is 14.4. The van der Waals surface area contributed by atoms with Crippen molar-refractivity contribution in [3.05, 3.63) is 28.3 Å². The molecule has 0 radical (unpaired) electrons. The van der Waals surface area contributed by atoms with E-state index in [1.165, 1.54) is 31.4 Å². The fraction of sp³-hybridized carbons (Fsp3) is 0.462. The van der Waals surface area contributed by atoms with Crippen molar-refractivity contribution in [2.24, 2.45) is 0 Å². The Morgan fingerprint density at radius 3 is 2.95 bits per heavy atom. The molecule has 0 fully saturated rings. The first-order valence-corrected chi connectivity index (χ1v) is 6.49. The maximum Gasteiger partial charge on any atom is 0.295 e. The predicted octanol–water partition coefficient (Wildman–Crippen LogP) is 3.73. The third kappa shape index (κ3) is 3.43. The highest BCUT2D eigenvalue weighted by atomic mass is 16.6. The summed E-state index contributed by atoms with van der Waals surface area (Å²) in [7, 11) is 0. The molecule has 0 aliphatic heterocycles. The summed E-state index contributed by atoms with van der Waals surface area (Å²) in [5.41, 5.74) is 1.07. The average Bonchev–Trinajstić information content (AvgIpc) is 2.80. The van der Waals surface area contributed by atoms with Crippen LogP contribution in [0.4, 0.5) is 11.7 Å². The molecular formula is C13H17N3O3. The number of aromatic nitrogens is 1. The second-order valence-electron chi connectivity index (χ2n) is 4.42. The van der Waals surface area contributed by atoms with Gasteiger partial charge in [0.2, 0.25) is 0 Å². The number of nitro groups is 1. The van der Waals surface area contributed by atoms with Gasteiger partial charge in [-0.15, -0.1) is 0 Å². The maximum atomic E-state index is 10.7. The standard InChI is InChI=1S/C13H17N3O3/c1-2-3-4-5-8-14-13-15-11-7-6-10(16(17)18)9-12(11)19-13/h6-7,9H,2-5,8H2,1H3,(H,14,15). The molecule has 0 spiro atoms. The summed E-state index contributed by atoms with van der Waals surface area (Å²) >= 11 is 0. The van der Waals surface area contributed by atoms with Gasteiger partial charge in [-0.05, 0) is 12.5 Å². The predicted molar refractivity (Wildman–Crippen MR) is 73.3 cm³/mol. The Balaban J connectivity index is 1.99. The van der Waals surface area contributed by atoms with Gasteiger partial charge in [-0.3, -0.25) is 10.1 Å². The zero-order chi connectivity index (χ0) is 13.7. The zero-order valence-corrected chi connectivity index (χ0v) is 10.9. The molecule has 0 amide bonds. The molecule has 0 aliphatic rings. The van der Waals surface area contributed by atoms with Crippen LogP contribution in [0.5, 0.6) is 0 Å². The Morgan fingerprint density at radius 2 is 2.21 bits per heavy atom. The van der Waals surface area contributed by atoms with Crippen LogP contribution in [0.15, 0.2) is 22.6 Å². The molecule has 19 heavy (non-hydrogen) atoms. The lowest BCUT2D eigenvalue weighted by atomic mass is 10.2. The lowest BCUT2D eigenvalue weighted by Crippen LogP contribution is -2.01. The number of benzene rings is 1. The van der Waals surface area contributed by atoms with Crippen LogP contribution in [-0.2, 0) is 0 Å². The minimum atomic E-state index is -0.445. The van der Waals surface area contributed by atoms with Crippen LogP contribution in [0.25, 0.3) is 11.1 Å². The van der Waals surface area contributed by atoms with Gasteiger partial charge < -0.3 is 9.73 Å². The normalized spacial score (nSPS) is 10.8. The lowest BCUT2D eigenvalue weighted by Gasteiger charge is -2.00. The van der Waals surface area contributed by atoms with E-state index < -0.39 is 4.92 Å². The van der Waals surface area contributed by atoms with Gasteiger partial charge in [0.05, 0.1) is 11.0 Å². The van der Waals surface area contributed by atoms with Gasteiger partial charge in [-0.2, -0.15) is 4.98 Å². The van der Waals surface area contributed by atoms with Crippen LogP contribution in [0.3, 0.4) is 0 Å². The van der Waals surface area contributed by atoms with E-state index in [0.717, 1.165) is 13.0 Å². The van der Waals surface area contributed by atoms with E-state index in [0.29, 0.717) is 17.1 Å². The van der Waals surface area contributed by atoms with Crippen molar-refractivity contribution in [1.29, 1.82) is 0 Å². The number of rotatable bonds is 7. The number of unbranched alkanes of at least 4 members (excludes halogenated alkanes) is 3. The molecule has 1 heterocycles. The number of hydrogen-bond acceptors (Lipinski definition) is 5. The Morgan fingerprint density at radius 1 is 1.37 bits per heavy atom. The van der Waals surface area contributed by atoms with Crippen LogP contribution < -0.4 is 5.32 Å². The first-order valence-electron chi connectivity index (χ1n) is 6.49. The van der Waals surface area contributed by atoms with Crippen molar-refractivity contribution in [1.82, 2.24) is 4.98 Å². The van der Waals surface area contributed by atoms with E-state index in [-0.39, 0.29) is 5.69 Å². The third-order valence-corrected chi connectivity index (χ3v) is 2.89. The minimum absolute atomic E-state index is 0.0122. The summed E-state index contributed by atoms with van der Waals surface area (Å²) in [6.45, 7) is 2.97. The fourth-order valence-corrected chi connectivity index (χ4v) is 1.85. The number of anilines is 1. The quantitative estimate of drug-likeness (QED) is 0.467. The average molecular weight is 263 g/mol. The summed E-state index contributed by atoms with van der Waals surface area (Å²) in [5.74, 6) is 0. The highest BCUT2D eigenvalue weighted by molar-refractivity contribution is 5.77. The molecule has 0 aliphatic carbocycles. The summed E-state index contributed by atoms with van der Waals surface area (Å²) in [6.07, 6.45) is 4.66. The maximum absolute atomic E-state index is 10.7. The molecule has 0 saturated heterocycles. The highest BCUT2D eigenvalue weighted by Crippen LogP contribution is 2.23. The number of oxazole rings is 1. The van der Waals surface area contributed by atoms with Crippen LogP contribution in [0, 0.1) is 10.1 Å².